The molecule has 0 atom stereocenters. The fraction of sp³-hybridized carbons (Fsp3) is 0.263. The number of rotatable bonds is 4. The van der Waals surface area contributed by atoms with E-state index in [1.165, 1.54) is 11.1 Å². The van der Waals surface area contributed by atoms with E-state index in [0.29, 0.717) is 13.0 Å². The van der Waals surface area contributed by atoms with Crippen LogP contribution in [-0.2, 0) is 6.61 Å². The second-order valence-electron chi connectivity index (χ2n) is 5.04. The molecule has 2 aromatic rings. The van der Waals surface area contributed by atoms with Crippen LogP contribution >= 0.6 is 0 Å². The molecule has 0 saturated heterocycles. The lowest BCUT2D eigenvalue weighted by Crippen LogP contribution is -1.98. The first-order chi connectivity index (χ1) is 10.2. The molecule has 108 valence electrons. The van der Waals surface area contributed by atoms with Crippen molar-refractivity contribution in [2.24, 2.45) is 0 Å². The minimum atomic E-state index is 0.0915. The molecule has 0 saturated carbocycles. The molecule has 0 aliphatic carbocycles. The molecule has 0 aromatic heterocycles. The van der Waals surface area contributed by atoms with Crippen LogP contribution in [0.4, 0.5) is 0 Å². The average molecular weight is 280 g/mol. The highest BCUT2D eigenvalue weighted by molar-refractivity contribution is 5.41. The fourth-order valence-electron chi connectivity index (χ4n) is 2.16. The lowest BCUT2D eigenvalue weighted by atomic mass is 10.1. The summed E-state index contributed by atoms with van der Waals surface area (Å²) in [5.41, 5.74) is 4.40. The largest absolute Gasteiger partial charge is 0.489 e. The van der Waals surface area contributed by atoms with Gasteiger partial charge < -0.3 is 9.84 Å². The van der Waals surface area contributed by atoms with Gasteiger partial charge in [0.25, 0.3) is 0 Å². The van der Waals surface area contributed by atoms with E-state index in [2.05, 4.69) is 31.8 Å². The second kappa shape index (κ2) is 7.52. The van der Waals surface area contributed by atoms with Gasteiger partial charge in [-0.05, 0) is 43.2 Å². The first-order valence-corrected chi connectivity index (χ1v) is 7.08. The van der Waals surface area contributed by atoms with Crippen molar-refractivity contribution >= 4 is 0 Å². The third-order valence-electron chi connectivity index (χ3n) is 3.07. The summed E-state index contributed by atoms with van der Waals surface area (Å²) in [4.78, 5) is 0. The molecule has 1 N–H and O–H groups in total. The van der Waals surface area contributed by atoms with Crippen LogP contribution in [0, 0.1) is 25.7 Å². The summed E-state index contributed by atoms with van der Waals surface area (Å²) < 4.78 is 5.88. The predicted molar refractivity (Wildman–Crippen MR) is 85.3 cm³/mol. The molecule has 0 amide bonds. The molecule has 0 unspecified atom stereocenters. The third-order valence-corrected chi connectivity index (χ3v) is 3.07. The number of ether oxygens (including phenoxy) is 1. The number of hydrogen-bond donors (Lipinski definition) is 1. The summed E-state index contributed by atoms with van der Waals surface area (Å²) in [5.74, 6) is 6.92. The van der Waals surface area contributed by atoms with Crippen LogP contribution in [0.15, 0.2) is 42.5 Å². The van der Waals surface area contributed by atoms with Crippen molar-refractivity contribution in [1.82, 2.24) is 0 Å². The van der Waals surface area contributed by atoms with Crippen LogP contribution in [0.3, 0.4) is 0 Å². The van der Waals surface area contributed by atoms with Crippen LogP contribution in [0.25, 0.3) is 0 Å². The Balaban J connectivity index is 2.11. The molecule has 2 nitrogen and oxygen atoms in total. The van der Waals surface area contributed by atoms with Crippen LogP contribution in [0.5, 0.6) is 5.75 Å². The van der Waals surface area contributed by atoms with Gasteiger partial charge in [0.05, 0.1) is 6.61 Å². The lowest BCUT2D eigenvalue weighted by molar-refractivity contribution is 0.305. The Labute approximate surface area is 126 Å². The van der Waals surface area contributed by atoms with E-state index in [1.54, 1.807) is 0 Å². The van der Waals surface area contributed by atoms with Crippen LogP contribution in [0.2, 0.25) is 0 Å². The molecule has 0 aliphatic heterocycles. The maximum absolute atomic E-state index is 8.79. The van der Waals surface area contributed by atoms with Crippen molar-refractivity contribution < 1.29 is 9.84 Å². The van der Waals surface area contributed by atoms with Gasteiger partial charge in [-0.15, -0.1) is 0 Å². The minimum absolute atomic E-state index is 0.0915. The first-order valence-electron chi connectivity index (χ1n) is 7.08. The van der Waals surface area contributed by atoms with E-state index in [0.717, 1.165) is 16.9 Å². The Kier molecular flexibility index (Phi) is 5.43. The van der Waals surface area contributed by atoms with Crippen molar-refractivity contribution in [2.45, 2.75) is 26.9 Å². The smallest absolute Gasteiger partial charge is 0.120 e. The zero-order chi connectivity index (χ0) is 15.1. The molecule has 0 aliphatic rings. The zero-order valence-corrected chi connectivity index (χ0v) is 12.5. The number of aryl methyl sites for hydroxylation is 2. The topological polar surface area (TPSA) is 29.5 Å². The lowest BCUT2D eigenvalue weighted by Gasteiger charge is -2.09. The average Bonchev–Trinajstić information content (AvgIpc) is 2.45. The summed E-state index contributed by atoms with van der Waals surface area (Å²) in [5, 5.41) is 8.79. The van der Waals surface area contributed by atoms with Crippen molar-refractivity contribution in [3.05, 3.63) is 64.7 Å². The van der Waals surface area contributed by atoms with E-state index in [1.807, 2.05) is 36.4 Å². The van der Waals surface area contributed by atoms with Gasteiger partial charge in [-0.2, -0.15) is 0 Å². The van der Waals surface area contributed by atoms with Gasteiger partial charge in [0.15, 0.2) is 0 Å². The highest BCUT2D eigenvalue weighted by Gasteiger charge is 2.02. The Morgan fingerprint density at radius 2 is 1.76 bits per heavy atom. The summed E-state index contributed by atoms with van der Waals surface area (Å²) in [6.45, 7) is 4.71. The van der Waals surface area contributed by atoms with Crippen molar-refractivity contribution in [2.75, 3.05) is 6.61 Å². The monoisotopic (exact) mass is 280 g/mol. The number of aliphatic hydroxyl groups excluding tert-OH is 1. The molecule has 0 fully saturated rings. The normalized spacial score (nSPS) is 9.86. The third kappa shape index (κ3) is 4.66. The van der Waals surface area contributed by atoms with Gasteiger partial charge >= 0.3 is 0 Å². The highest BCUT2D eigenvalue weighted by atomic mass is 16.5. The summed E-state index contributed by atoms with van der Waals surface area (Å²) in [7, 11) is 0. The van der Waals surface area contributed by atoms with Crippen molar-refractivity contribution in [1.29, 1.82) is 0 Å². The standard InChI is InChI=1S/C19H20O2/c1-15-11-16(2)13-19(12-15)21-14-18-9-4-3-7-17(18)8-5-6-10-20/h3-4,7,9,11-13,20H,6,10,14H2,1-2H3. The molecule has 2 rings (SSSR count). The SMILES string of the molecule is Cc1cc(C)cc(OCc2ccccc2C#CCCO)c1. The predicted octanol–water partition coefficient (Wildman–Crippen LogP) is 3.62. The first kappa shape index (κ1) is 15.2. The van der Waals surface area contributed by atoms with Gasteiger partial charge in [0.2, 0.25) is 0 Å². The molecule has 2 heteroatoms. The minimum Gasteiger partial charge on any atom is -0.489 e. The quantitative estimate of drug-likeness (QED) is 0.867. The summed E-state index contributed by atoms with van der Waals surface area (Å²) >= 11 is 0. The summed E-state index contributed by atoms with van der Waals surface area (Å²) in [6, 6.07) is 14.1. The summed E-state index contributed by atoms with van der Waals surface area (Å²) in [6.07, 6.45) is 0.492. The van der Waals surface area contributed by atoms with Gasteiger partial charge in [-0.25, -0.2) is 0 Å². The van der Waals surface area contributed by atoms with Gasteiger partial charge in [-0.1, -0.05) is 36.1 Å². The number of benzene rings is 2. The Hall–Kier alpha value is -2.24. The van der Waals surface area contributed by atoms with E-state index in [9.17, 15) is 0 Å². The second-order valence-corrected chi connectivity index (χ2v) is 5.04. The maximum Gasteiger partial charge on any atom is 0.120 e. The van der Waals surface area contributed by atoms with Crippen LogP contribution in [0.1, 0.15) is 28.7 Å². The van der Waals surface area contributed by atoms with E-state index < -0.39 is 0 Å². The molecule has 0 heterocycles. The molecular weight excluding hydrogens is 260 g/mol. The Morgan fingerprint density at radius 3 is 2.48 bits per heavy atom. The van der Waals surface area contributed by atoms with E-state index >= 15 is 0 Å². The Bertz CT molecular complexity index is 643. The molecule has 0 bridgehead atoms. The maximum atomic E-state index is 8.79. The van der Waals surface area contributed by atoms with Gasteiger partial charge in [0, 0.05) is 17.5 Å². The fourth-order valence-corrected chi connectivity index (χ4v) is 2.16. The van der Waals surface area contributed by atoms with E-state index in [-0.39, 0.29) is 6.61 Å². The van der Waals surface area contributed by atoms with Crippen LogP contribution < -0.4 is 4.74 Å². The molecule has 0 spiro atoms. The molecular formula is C19H20O2. The highest BCUT2D eigenvalue weighted by Crippen LogP contribution is 2.18. The van der Waals surface area contributed by atoms with Crippen molar-refractivity contribution in [3.8, 4) is 17.6 Å². The molecule has 2 aromatic carbocycles. The number of aliphatic hydroxyl groups is 1. The molecule has 21 heavy (non-hydrogen) atoms. The molecule has 0 radical (unpaired) electrons. The zero-order valence-electron chi connectivity index (χ0n) is 12.5. The number of hydrogen-bond acceptors (Lipinski definition) is 2. The van der Waals surface area contributed by atoms with Gasteiger partial charge in [0.1, 0.15) is 12.4 Å². The van der Waals surface area contributed by atoms with Gasteiger partial charge in [-0.3, -0.25) is 0 Å². The van der Waals surface area contributed by atoms with Crippen molar-refractivity contribution in [3.63, 3.8) is 0 Å². The Morgan fingerprint density at radius 1 is 1.05 bits per heavy atom. The van der Waals surface area contributed by atoms with Crippen LogP contribution in [-0.4, -0.2) is 11.7 Å². The van der Waals surface area contributed by atoms with E-state index in [4.69, 9.17) is 9.84 Å².